The van der Waals surface area contributed by atoms with E-state index in [0.717, 1.165) is 34.7 Å². The summed E-state index contributed by atoms with van der Waals surface area (Å²) in [5, 5.41) is 2.30. The Bertz CT molecular complexity index is 1300. The highest BCUT2D eigenvalue weighted by atomic mass is 35.5. The van der Waals surface area contributed by atoms with Gasteiger partial charge in [-0.2, -0.15) is 0 Å². The average Bonchev–Trinajstić information content (AvgIpc) is 3.46. The molecule has 0 saturated carbocycles. The van der Waals surface area contributed by atoms with Crippen LogP contribution in [0.3, 0.4) is 0 Å². The Hall–Kier alpha value is -3.06. The number of anilines is 2. The van der Waals surface area contributed by atoms with Crippen molar-refractivity contribution in [2.45, 2.75) is 57.6 Å². The molecule has 5 rings (SSSR count). The summed E-state index contributed by atoms with van der Waals surface area (Å²) < 4.78 is 5.96. The fourth-order valence-electron chi connectivity index (χ4n) is 5.26. The molecule has 2 saturated heterocycles. The number of rotatable bonds is 11. The lowest BCUT2D eigenvalue weighted by molar-refractivity contribution is -0.126. The number of fused-ring (bicyclic) bond motifs is 1. The van der Waals surface area contributed by atoms with Crippen molar-refractivity contribution in [1.29, 1.82) is 0 Å². The molecule has 204 valence electrons. The number of hydrogen-bond donors (Lipinski definition) is 0. The van der Waals surface area contributed by atoms with Crippen molar-refractivity contribution in [3.63, 3.8) is 0 Å². The van der Waals surface area contributed by atoms with Gasteiger partial charge in [0.15, 0.2) is 6.10 Å². The molecular weight excluding hydrogens is 535 g/mol. The number of unbranched alkanes of at least 4 members (excludes halogenated alkanes) is 5. The number of halogens is 2. The van der Waals surface area contributed by atoms with E-state index in [9.17, 15) is 9.59 Å². The highest BCUT2D eigenvalue weighted by molar-refractivity contribution is 6.42. The van der Waals surface area contributed by atoms with E-state index in [1.165, 1.54) is 31.7 Å². The van der Waals surface area contributed by atoms with Crippen molar-refractivity contribution in [3.05, 3.63) is 88.4 Å². The van der Waals surface area contributed by atoms with Crippen molar-refractivity contribution < 1.29 is 19.2 Å². The first-order valence-electron chi connectivity index (χ1n) is 13.6. The lowest BCUT2D eigenvalue weighted by Crippen LogP contribution is -2.37. The number of hydrogen-bond acceptors (Lipinski definition) is 5. The molecule has 0 radical (unpaired) electrons. The highest BCUT2D eigenvalue weighted by Gasteiger charge is 2.60. The fourth-order valence-corrected chi connectivity index (χ4v) is 5.56. The van der Waals surface area contributed by atoms with Crippen LogP contribution in [-0.4, -0.2) is 24.5 Å². The summed E-state index contributed by atoms with van der Waals surface area (Å²) in [6, 6.07) is 21.5. The molecule has 0 aromatic heterocycles. The van der Waals surface area contributed by atoms with Crippen LogP contribution in [-0.2, 0) is 14.4 Å². The van der Waals surface area contributed by atoms with Crippen LogP contribution in [0.25, 0.3) is 0 Å². The summed E-state index contributed by atoms with van der Waals surface area (Å²) in [4.78, 5) is 34.6. The van der Waals surface area contributed by atoms with E-state index in [1.54, 1.807) is 17.2 Å². The van der Waals surface area contributed by atoms with Gasteiger partial charge < -0.3 is 4.74 Å². The maximum absolute atomic E-state index is 13.8. The summed E-state index contributed by atoms with van der Waals surface area (Å²) in [6.45, 7) is 2.89. The molecule has 2 aliphatic heterocycles. The number of para-hydroxylation sites is 1. The molecule has 2 fully saturated rings. The van der Waals surface area contributed by atoms with Gasteiger partial charge in [0.1, 0.15) is 11.7 Å². The molecular formula is C31H32Cl2N2O4. The second-order valence-electron chi connectivity index (χ2n) is 9.95. The third-order valence-electron chi connectivity index (χ3n) is 7.28. The summed E-state index contributed by atoms with van der Waals surface area (Å²) in [5.74, 6) is -0.719. The standard InChI is InChI=1S/C31H32Cl2N2O4/c1-2-3-4-5-6-10-19-38-24-16-13-21(14-17-24)28-27-29(39-35(28)22-11-8-7-9-12-22)31(37)34(30(27)36)23-15-18-25(32)26(33)20-23/h7-9,11-18,20,27-29H,2-6,10,19H2,1H3/t27-,28-,29-/m1/s1. The Labute approximate surface area is 239 Å². The largest absolute Gasteiger partial charge is 0.494 e. The second kappa shape index (κ2) is 12.4. The lowest BCUT2D eigenvalue weighted by Gasteiger charge is -2.29. The number of carbonyl (C=O) groups excluding carboxylic acids is 2. The average molecular weight is 568 g/mol. The molecule has 0 N–H and O–H groups in total. The summed E-state index contributed by atoms with van der Waals surface area (Å²) in [7, 11) is 0. The summed E-state index contributed by atoms with van der Waals surface area (Å²) >= 11 is 12.3. The van der Waals surface area contributed by atoms with Gasteiger partial charge in [0.25, 0.3) is 5.91 Å². The Kier molecular flexibility index (Phi) is 8.75. The topological polar surface area (TPSA) is 59.1 Å². The lowest BCUT2D eigenvalue weighted by atomic mass is 9.90. The number of amides is 2. The third kappa shape index (κ3) is 5.79. The molecule has 6 nitrogen and oxygen atoms in total. The second-order valence-corrected chi connectivity index (χ2v) is 10.8. The third-order valence-corrected chi connectivity index (χ3v) is 8.01. The normalized spacial score (nSPS) is 20.5. The number of nitrogens with zero attached hydrogens (tertiary/aromatic N) is 2. The maximum atomic E-state index is 13.8. The van der Waals surface area contributed by atoms with E-state index in [1.807, 2.05) is 54.6 Å². The molecule has 0 bridgehead atoms. The van der Waals surface area contributed by atoms with Gasteiger partial charge in [-0.25, -0.2) is 9.96 Å². The smallest absolute Gasteiger partial charge is 0.266 e. The molecule has 0 unspecified atom stereocenters. The summed E-state index contributed by atoms with van der Waals surface area (Å²) in [6.07, 6.45) is 6.27. The quantitative estimate of drug-likeness (QED) is 0.175. The Morgan fingerprint density at radius 2 is 1.51 bits per heavy atom. The first-order chi connectivity index (χ1) is 19.0. The van der Waals surface area contributed by atoms with Crippen LogP contribution in [0.2, 0.25) is 10.0 Å². The fraction of sp³-hybridized carbons (Fsp3) is 0.355. The van der Waals surface area contributed by atoms with Crippen LogP contribution < -0.4 is 14.7 Å². The number of ether oxygens (including phenoxy) is 1. The van der Waals surface area contributed by atoms with Gasteiger partial charge in [0.2, 0.25) is 5.91 Å². The van der Waals surface area contributed by atoms with Gasteiger partial charge in [-0.1, -0.05) is 92.6 Å². The van der Waals surface area contributed by atoms with Crippen LogP contribution in [0.4, 0.5) is 11.4 Å². The summed E-state index contributed by atoms with van der Waals surface area (Å²) in [5.41, 5.74) is 2.00. The molecule has 39 heavy (non-hydrogen) atoms. The molecule has 3 aromatic carbocycles. The number of carbonyl (C=O) groups is 2. The molecule has 2 heterocycles. The van der Waals surface area contributed by atoms with Crippen molar-refractivity contribution in [1.82, 2.24) is 0 Å². The predicted molar refractivity (Wildman–Crippen MR) is 154 cm³/mol. The van der Waals surface area contributed by atoms with Crippen LogP contribution >= 0.6 is 23.2 Å². The van der Waals surface area contributed by atoms with Gasteiger partial charge in [0.05, 0.1) is 34.1 Å². The molecule has 8 heteroatoms. The highest BCUT2D eigenvalue weighted by Crippen LogP contribution is 2.48. The maximum Gasteiger partial charge on any atom is 0.266 e. The van der Waals surface area contributed by atoms with Crippen molar-refractivity contribution in [2.75, 3.05) is 16.6 Å². The van der Waals surface area contributed by atoms with Crippen LogP contribution in [0.5, 0.6) is 5.75 Å². The Morgan fingerprint density at radius 1 is 0.795 bits per heavy atom. The minimum atomic E-state index is -0.958. The molecule has 0 aliphatic carbocycles. The number of hydroxylamine groups is 1. The SMILES string of the molecule is CCCCCCCCOc1ccc([C@@H]2[C@H]3C(=O)N(c4ccc(Cl)c(Cl)c4)C(=O)[C@@H]3ON2c2ccccc2)cc1. The van der Waals surface area contributed by atoms with Crippen LogP contribution in [0, 0.1) is 5.92 Å². The van der Waals surface area contributed by atoms with E-state index in [-0.39, 0.29) is 10.9 Å². The predicted octanol–water partition coefficient (Wildman–Crippen LogP) is 7.78. The van der Waals surface area contributed by atoms with Crippen LogP contribution in [0.15, 0.2) is 72.8 Å². The Balaban J connectivity index is 1.36. The zero-order valence-electron chi connectivity index (χ0n) is 21.9. The van der Waals surface area contributed by atoms with E-state index in [4.69, 9.17) is 32.8 Å². The monoisotopic (exact) mass is 566 g/mol. The van der Waals surface area contributed by atoms with E-state index >= 15 is 0 Å². The first kappa shape index (κ1) is 27.5. The van der Waals surface area contributed by atoms with Crippen LogP contribution in [0.1, 0.15) is 57.1 Å². The minimum Gasteiger partial charge on any atom is -0.494 e. The van der Waals surface area contributed by atoms with E-state index in [2.05, 4.69) is 6.92 Å². The van der Waals surface area contributed by atoms with E-state index < -0.39 is 24.0 Å². The number of benzene rings is 3. The Morgan fingerprint density at radius 3 is 2.23 bits per heavy atom. The number of imide groups is 1. The molecule has 2 aliphatic rings. The van der Waals surface area contributed by atoms with E-state index in [0.29, 0.717) is 17.3 Å². The molecule has 3 aromatic rings. The van der Waals surface area contributed by atoms with Gasteiger partial charge in [-0.05, 0) is 54.4 Å². The van der Waals surface area contributed by atoms with Gasteiger partial charge in [-0.15, -0.1) is 0 Å². The van der Waals surface area contributed by atoms with Gasteiger partial charge >= 0.3 is 0 Å². The molecule has 3 atom stereocenters. The van der Waals surface area contributed by atoms with Gasteiger partial charge in [0, 0.05) is 0 Å². The van der Waals surface area contributed by atoms with Crippen molar-refractivity contribution in [2.24, 2.45) is 5.92 Å². The minimum absolute atomic E-state index is 0.270. The first-order valence-corrected chi connectivity index (χ1v) is 14.3. The van der Waals surface area contributed by atoms with Gasteiger partial charge in [-0.3, -0.25) is 14.4 Å². The van der Waals surface area contributed by atoms with Crippen molar-refractivity contribution >= 4 is 46.4 Å². The zero-order chi connectivity index (χ0) is 27.4. The van der Waals surface area contributed by atoms with Crippen molar-refractivity contribution in [3.8, 4) is 5.75 Å². The molecule has 2 amide bonds. The molecule has 0 spiro atoms. The zero-order valence-corrected chi connectivity index (χ0v) is 23.4.